The van der Waals surface area contributed by atoms with E-state index in [0.717, 1.165) is 4.47 Å². The summed E-state index contributed by atoms with van der Waals surface area (Å²) in [5, 5.41) is 2.76. The fourth-order valence-corrected chi connectivity index (χ4v) is 1.87. The Kier molecular flexibility index (Phi) is 5.34. The summed E-state index contributed by atoms with van der Waals surface area (Å²) in [5.41, 5.74) is 0.702. The summed E-state index contributed by atoms with van der Waals surface area (Å²) in [7, 11) is 1.63. The number of carbonyl (C=O) groups excluding carboxylic acids is 2. The summed E-state index contributed by atoms with van der Waals surface area (Å²) in [6.45, 7) is 3.67. The van der Waals surface area contributed by atoms with Crippen LogP contribution in [-0.4, -0.2) is 30.3 Å². The minimum atomic E-state index is -0.210. The van der Waals surface area contributed by atoms with Crippen molar-refractivity contribution >= 4 is 33.4 Å². The van der Waals surface area contributed by atoms with Crippen molar-refractivity contribution in [3.05, 3.63) is 28.7 Å². The molecule has 0 saturated carbocycles. The van der Waals surface area contributed by atoms with Gasteiger partial charge in [0.2, 0.25) is 11.8 Å². The molecule has 18 heavy (non-hydrogen) atoms. The monoisotopic (exact) mass is 312 g/mol. The van der Waals surface area contributed by atoms with Gasteiger partial charge in [-0.1, -0.05) is 26.0 Å². The van der Waals surface area contributed by atoms with Crippen molar-refractivity contribution in [2.45, 2.75) is 13.8 Å². The number of hydrogen-bond acceptors (Lipinski definition) is 2. The molecule has 1 N–H and O–H groups in total. The second-order valence-corrected chi connectivity index (χ2v) is 5.23. The number of halogens is 1. The summed E-state index contributed by atoms with van der Waals surface area (Å²) < 4.78 is 0.816. The highest BCUT2D eigenvalue weighted by atomic mass is 79.9. The molecule has 4 nitrogen and oxygen atoms in total. The van der Waals surface area contributed by atoms with Gasteiger partial charge in [0.15, 0.2) is 0 Å². The van der Waals surface area contributed by atoms with E-state index in [4.69, 9.17) is 0 Å². The van der Waals surface area contributed by atoms with E-state index in [1.165, 1.54) is 4.90 Å². The lowest BCUT2D eigenvalue weighted by Gasteiger charge is -2.19. The van der Waals surface area contributed by atoms with E-state index < -0.39 is 0 Å². The molecule has 5 heteroatoms. The maximum Gasteiger partial charge on any atom is 0.244 e. The number of nitrogens with one attached hydrogen (secondary N) is 1. The highest BCUT2D eigenvalue weighted by molar-refractivity contribution is 9.10. The van der Waals surface area contributed by atoms with Crippen LogP contribution in [0.15, 0.2) is 28.7 Å². The minimum absolute atomic E-state index is 0.0442. The maximum atomic E-state index is 11.8. The first-order chi connectivity index (χ1) is 8.41. The van der Waals surface area contributed by atoms with Crippen molar-refractivity contribution < 1.29 is 9.59 Å². The van der Waals surface area contributed by atoms with E-state index in [0.29, 0.717) is 5.69 Å². The lowest BCUT2D eigenvalue weighted by atomic mass is 10.2. The van der Waals surface area contributed by atoms with Crippen LogP contribution in [0.1, 0.15) is 13.8 Å². The van der Waals surface area contributed by atoms with Crippen molar-refractivity contribution in [3.8, 4) is 0 Å². The van der Waals surface area contributed by atoms with Crippen LogP contribution in [0, 0.1) is 5.92 Å². The number of para-hydroxylation sites is 1. The molecule has 0 atom stereocenters. The first-order valence-electron chi connectivity index (χ1n) is 5.71. The highest BCUT2D eigenvalue weighted by Crippen LogP contribution is 2.20. The Bertz CT molecular complexity index is 446. The second kappa shape index (κ2) is 6.54. The molecule has 0 bridgehead atoms. The number of anilines is 1. The first-order valence-corrected chi connectivity index (χ1v) is 6.50. The van der Waals surface area contributed by atoms with Gasteiger partial charge in [0.1, 0.15) is 0 Å². The summed E-state index contributed by atoms with van der Waals surface area (Å²) in [6, 6.07) is 7.35. The summed E-state index contributed by atoms with van der Waals surface area (Å²) >= 11 is 3.35. The topological polar surface area (TPSA) is 49.4 Å². The Morgan fingerprint density at radius 1 is 1.33 bits per heavy atom. The number of benzene rings is 1. The van der Waals surface area contributed by atoms with Gasteiger partial charge < -0.3 is 10.2 Å². The molecule has 1 rings (SSSR count). The van der Waals surface area contributed by atoms with Crippen molar-refractivity contribution in [2.75, 3.05) is 18.9 Å². The van der Waals surface area contributed by atoms with Gasteiger partial charge in [-0.3, -0.25) is 9.59 Å². The molecule has 0 aromatic heterocycles. The van der Waals surface area contributed by atoms with Gasteiger partial charge in [-0.05, 0) is 28.1 Å². The molecule has 0 aliphatic heterocycles. The molecule has 0 spiro atoms. The molecule has 0 heterocycles. The van der Waals surface area contributed by atoms with Gasteiger partial charge in [-0.15, -0.1) is 0 Å². The quantitative estimate of drug-likeness (QED) is 0.928. The van der Waals surface area contributed by atoms with E-state index >= 15 is 0 Å². The predicted octanol–water partition coefficient (Wildman–Crippen LogP) is 2.50. The molecular weight excluding hydrogens is 296 g/mol. The predicted molar refractivity (Wildman–Crippen MR) is 75.2 cm³/mol. The van der Waals surface area contributed by atoms with Gasteiger partial charge in [0, 0.05) is 17.4 Å². The van der Waals surface area contributed by atoms with Crippen molar-refractivity contribution in [3.63, 3.8) is 0 Å². The molecular formula is C13H17BrN2O2. The van der Waals surface area contributed by atoms with Crippen molar-refractivity contribution in [2.24, 2.45) is 5.92 Å². The zero-order chi connectivity index (χ0) is 13.7. The van der Waals surface area contributed by atoms with Gasteiger partial charge >= 0.3 is 0 Å². The number of nitrogens with zero attached hydrogens (tertiary/aromatic N) is 1. The van der Waals surface area contributed by atoms with Crippen LogP contribution in [0.4, 0.5) is 5.69 Å². The van der Waals surface area contributed by atoms with Gasteiger partial charge in [0.25, 0.3) is 0 Å². The van der Waals surface area contributed by atoms with E-state index in [2.05, 4.69) is 21.2 Å². The number of amides is 2. The number of carbonyl (C=O) groups is 2. The minimum Gasteiger partial charge on any atom is -0.336 e. The molecule has 0 saturated heterocycles. The Hall–Kier alpha value is -1.36. The maximum absolute atomic E-state index is 11.8. The fraction of sp³-hybridized carbons (Fsp3) is 0.385. The average molecular weight is 313 g/mol. The highest BCUT2D eigenvalue weighted by Gasteiger charge is 2.16. The van der Waals surface area contributed by atoms with E-state index in [1.54, 1.807) is 13.1 Å². The van der Waals surface area contributed by atoms with Crippen LogP contribution in [0.5, 0.6) is 0 Å². The number of hydrogen-bond donors (Lipinski definition) is 1. The Labute approximate surface area is 115 Å². The molecule has 0 fully saturated rings. The summed E-state index contributed by atoms with van der Waals surface area (Å²) in [5.74, 6) is -0.359. The zero-order valence-electron chi connectivity index (χ0n) is 10.7. The van der Waals surface area contributed by atoms with Crippen LogP contribution in [0.3, 0.4) is 0 Å². The Balaban J connectivity index is 2.58. The lowest BCUT2D eigenvalue weighted by Crippen LogP contribution is -2.37. The van der Waals surface area contributed by atoms with Gasteiger partial charge in [-0.2, -0.15) is 0 Å². The number of likely N-dealkylation sites (N-methyl/N-ethyl adjacent to an activating group) is 1. The third-order valence-corrected chi connectivity index (χ3v) is 3.09. The smallest absolute Gasteiger partial charge is 0.244 e. The van der Waals surface area contributed by atoms with Gasteiger partial charge in [0.05, 0.1) is 12.2 Å². The third-order valence-electron chi connectivity index (χ3n) is 2.40. The Morgan fingerprint density at radius 2 is 1.94 bits per heavy atom. The molecule has 0 radical (unpaired) electrons. The summed E-state index contributed by atoms with van der Waals surface area (Å²) in [6.07, 6.45) is 0. The SMILES string of the molecule is CC(C)C(=O)N(C)CC(=O)Nc1ccccc1Br. The normalized spacial score (nSPS) is 10.3. The molecule has 98 valence electrons. The van der Waals surface area contributed by atoms with E-state index in [1.807, 2.05) is 32.0 Å². The molecule has 0 unspecified atom stereocenters. The number of rotatable bonds is 4. The van der Waals surface area contributed by atoms with Crippen molar-refractivity contribution in [1.29, 1.82) is 0 Å². The summed E-state index contributed by atoms with van der Waals surface area (Å²) in [4.78, 5) is 24.8. The molecule has 0 aliphatic carbocycles. The van der Waals surface area contributed by atoms with E-state index in [9.17, 15) is 9.59 Å². The average Bonchev–Trinajstić information content (AvgIpc) is 2.30. The van der Waals surface area contributed by atoms with Gasteiger partial charge in [-0.25, -0.2) is 0 Å². The molecule has 0 aliphatic rings. The van der Waals surface area contributed by atoms with Crippen LogP contribution in [-0.2, 0) is 9.59 Å². The standard InChI is InChI=1S/C13H17BrN2O2/c1-9(2)13(18)16(3)8-12(17)15-11-7-5-4-6-10(11)14/h4-7,9H,8H2,1-3H3,(H,15,17). The van der Waals surface area contributed by atoms with Crippen LogP contribution < -0.4 is 5.32 Å². The zero-order valence-corrected chi connectivity index (χ0v) is 12.3. The largest absolute Gasteiger partial charge is 0.336 e. The van der Waals surface area contributed by atoms with Crippen LogP contribution in [0.25, 0.3) is 0 Å². The molecule has 1 aromatic carbocycles. The van der Waals surface area contributed by atoms with Crippen LogP contribution in [0.2, 0.25) is 0 Å². The molecule has 1 aromatic rings. The lowest BCUT2D eigenvalue weighted by molar-refractivity contribution is -0.136. The second-order valence-electron chi connectivity index (χ2n) is 4.38. The third kappa shape index (κ3) is 4.14. The van der Waals surface area contributed by atoms with E-state index in [-0.39, 0.29) is 24.3 Å². The van der Waals surface area contributed by atoms with Crippen molar-refractivity contribution in [1.82, 2.24) is 4.90 Å². The fourth-order valence-electron chi connectivity index (χ4n) is 1.49. The van der Waals surface area contributed by atoms with Crippen LogP contribution >= 0.6 is 15.9 Å². The molecule has 2 amide bonds. The Morgan fingerprint density at radius 3 is 2.50 bits per heavy atom. The first kappa shape index (κ1) is 14.7.